The number of hydrogen-bond donors (Lipinski definition) is 0. The van der Waals surface area contributed by atoms with Crippen molar-refractivity contribution in [1.29, 1.82) is 0 Å². The Labute approximate surface area is 171 Å². The van der Waals surface area contributed by atoms with Crippen LogP contribution in [0.15, 0.2) is 28.9 Å². The van der Waals surface area contributed by atoms with E-state index in [9.17, 15) is 31.5 Å². The minimum absolute atomic E-state index is 0.220. The average Bonchev–Trinajstić information content (AvgIpc) is 3.08. The summed E-state index contributed by atoms with van der Waals surface area (Å²) in [6, 6.07) is 3.48. The molecule has 1 aromatic carbocycles. The first-order valence-electron chi connectivity index (χ1n) is 8.05. The molecule has 0 bridgehead atoms. The van der Waals surface area contributed by atoms with Crippen molar-refractivity contribution < 1.29 is 40.8 Å². The average molecular weight is 453 g/mol. The van der Waals surface area contributed by atoms with Gasteiger partial charge in [-0.15, -0.1) is 0 Å². The molecule has 0 amide bonds. The first kappa shape index (κ1) is 23.3. The third-order valence-electron chi connectivity index (χ3n) is 3.73. The number of Topliss-reactive ketones (excluding diaryl/α,β-unsaturated/α-hetero) is 1. The maximum absolute atomic E-state index is 14.3. The summed E-state index contributed by atoms with van der Waals surface area (Å²) in [6.07, 6.45) is -3.60. The van der Waals surface area contributed by atoms with Gasteiger partial charge in [-0.1, -0.05) is 22.8 Å². The smallest absolute Gasteiger partial charge is 0.369 e. The van der Waals surface area contributed by atoms with Crippen molar-refractivity contribution >= 4 is 28.9 Å². The van der Waals surface area contributed by atoms with Gasteiger partial charge in [0.25, 0.3) is 0 Å². The van der Waals surface area contributed by atoms with E-state index >= 15 is 0 Å². The van der Waals surface area contributed by atoms with Gasteiger partial charge in [0.05, 0.1) is 23.3 Å². The molecule has 162 valence electrons. The minimum atomic E-state index is -5.10. The van der Waals surface area contributed by atoms with E-state index < -0.39 is 58.1 Å². The first-order valence-corrected chi connectivity index (χ1v) is 8.43. The van der Waals surface area contributed by atoms with Crippen molar-refractivity contribution in [2.45, 2.75) is 12.3 Å². The summed E-state index contributed by atoms with van der Waals surface area (Å²) in [5.74, 6) is -10.5. The van der Waals surface area contributed by atoms with Crippen molar-refractivity contribution in [3.8, 4) is 11.3 Å². The topological polar surface area (TPSA) is 72.6 Å². The lowest BCUT2D eigenvalue weighted by Gasteiger charge is -2.17. The molecule has 0 N–H and O–H groups in total. The fraction of sp³-hybridized carbons (Fsp3) is 0.278. The van der Waals surface area contributed by atoms with Crippen LogP contribution in [0.5, 0.6) is 0 Å². The first-order chi connectivity index (χ1) is 13.9. The van der Waals surface area contributed by atoms with Crippen molar-refractivity contribution in [2.24, 2.45) is 0 Å². The highest BCUT2D eigenvalue weighted by Crippen LogP contribution is 2.38. The Hall–Kier alpha value is -2.95. The van der Waals surface area contributed by atoms with Gasteiger partial charge in [0, 0.05) is 20.3 Å². The number of aromatic nitrogens is 1. The summed E-state index contributed by atoms with van der Waals surface area (Å²) < 4.78 is 76.8. The zero-order chi connectivity index (χ0) is 22.8. The van der Waals surface area contributed by atoms with Gasteiger partial charge in [-0.2, -0.15) is 8.78 Å². The molecule has 12 heteroatoms. The van der Waals surface area contributed by atoms with Crippen LogP contribution in [0.25, 0.3) is 16.8 Å². The maximum atomic E-state index is 14.3. The van der Waals surface area contributed by atoms with Gasteiger partial charge >= 0.3 is 18.3 Å². The highest BCUT2D eigenvalue weighted by molar-refractivity contribution is 6.33. The number of methoxy groups -OCH3 is 1. The van der Waals surface area contributed by atoms with Crippen LogP contribution < -0.4 is 0 Å². The number of hydrogen-bond acceptors (Lipinski definition) is 6. The summed E-state index contributed by atoms with van der Waals surface area (Å²) in [6.45, 7) is 0. The number of benzene rings is 1. The third-order valence-corrected chi connectivity index (χ3v) is 4.05. The number of allylic oxidation sites excluding steroid dienone is 1. The number of ether oxygens (including phenoxy) is 1. The van der Waals surface area contributed by atoms with Crippen LogP contribution in [0.2, 0.25) is 5.02 Å². The van der Waals surface area contributed by atoms with Crippen LogP contribution in [-0.2, 0) is 9.53 Å². The SMILES string of the molecule is COC(=O)c1c(-c2c(F)cccc2Cl)noc1/C(=C\N(C)C)C(=O)C(F)(F)C(F)F. The van der Waals surface area contributed by atoms with Gasteiger partial charge in [-0.3, -0.25) is 4.79 Å². The quantitative estimate of drug-likeness (QED) is 0.354. The molecule has 0 radical (unpaired) electrons. The molecule has 2 rings (SSSR count). The fourth-order valence-corrected chi connectivity index (χ4v) is 2.67. The van der Waals surface area contributed by atoms with E-state index in [1.54, 1.807) is 0 Å². The maximum Gasteiger partial charge on any atom is 0.369 e. The summed E-state index contributed by atoms with van der Waals surface area (Å²) in [4.78, 5) is 25.6. The minimum Gasteiger partial charge on any atom is -0.465 e. The van der Waals surface area contributed by atoms with E-state index in [1.807, 2.05) is 0 Å². The third kappa shape index (κ3) is 4.30. The van der Waals surface area contributed by atoms with E-state index in [2.05, 4.69) is 9.89 Å². The van der Waals surface area contributed by atoms with E-state index in [1.165, 1.54) is 26.2 Å². The zero-order valence-electron chi connectivity index (χ0n) is 15.7. The Kier molecular flexibility index (Phi) is 6.86. The molecular weight excluding hydrogens is 439 g/mol. The van der Waals surface area contributed by atoms with Crippen molar-refractivity contribution in [2.75, 3.05) is 21.2 Å². The summed E-state index contributed by atoms with van der Waals surface area (Å²) in [5, 5.41) is 3.25. The molecular formula is C18H14ClF5N2O4. The van der Waals surface area contributed by atoms with Crippen LogP contribution in [0, 0.1) is 5.82 Å². The summed E-state index contributed by atoms with van der Waals surface area (Å²) in [7, 11) is 3.52. The lowest BCUT2D eigenvalue weighted by Crippen LogP contribution is -2.37. The number of ketones is 1. The highest BCUT2D eigenvalue weighted by atomic mass is 35.5. The van der Waals surface area contributed by atoms with Crippen LogP contribution in [0.4, 0.5) is 22.0 Å². The molecule has 0 aliphatic heterocycles. The molecule has 0 saturated heterocycles. The Morgan fingerprint density at radius 3 is 2.43 bits per heavy atom. The molecule has 0 spiro atoms. The van der Waals surface area contributed by atoms with Crippen molar-refractivity contribution in [3.63, 3.8) is 0 Å². The van der Waals surface area contributed by atoms with Crippen LogP contribution in [0.3, 0.4) is 0 Å². The molecule has 0 saturated carbocycles. The number of alkyl halides is 4. The Morgan fingerprint density at radius 1 is 1.30 bits per heavy atom. The molecule has 1 aromatic heterocycles. The van der Waals surface area contributed by atoms with Crippen LogP contribution >= 0.6 is 11.6 Å². The predicted octanol–water partition coefficient (Wildman–Crippen LogP) is 4.29. The standard InChI is InChI=1S/C18H14ClF5N2O4/c1-26(2)7-8(15(27)18(23,24)17(21)22)14-12(16(28)29-3)13(25-30-14)11-9(19)5-4-6-10(11)20/h4-7,17H,1-3H3/b8-7+. The molecule has 0 fully saturated rings. The Bertz CT molecular complexity index is 984. The van der Waals surface area contributed by atoms with Gasteiger partial charge in [-0.05, 0) is 12.1 Å². The molecule has 30 heavy (non-hydrogen) atoms. The number of carbonyl (C=O) groups is 2. The highest BCUT2D eigenvalue weighted by Gasteiger charge is 2.51. The van der Waals surface area contributed by atoms with Crippen molar-refractivity contribution in [3.05, 3.63) is 46.6 Å². The Balaban J connectivity index is 2.83. The van der Waals surface area contributed by atoms with Gasteiger partial charge < -0.3 is 14.2 Å². The van der Waals surface area contributed by atoms with Crippen LogP contribution in [-0.4, -0.2) is 55.4 Å². The lowest BCUT2D eigenvalue weighted by atomic mass is 9.97. The van der Waals surface area contributed by atoms with E-state index in [4.69, 9.17) is 16.1 Å². The van der Waals surface area contributed by atoms with Gasteiger partial charge in [-0.25, -0.2) is 18.0 Å². The predicted molar refractivity (Wildman–Crippen MR) is 95.9 cm³/mol. The van der Waals surface area contributed by atoms with E-state index in [0.717, 1.165) is 24.3 Å². The van der Waals surface area contributed by atoms with Gasteiger partial charge in [0.2, 0.25) is 5.78 Å². The molecule has 2 aromatic rings. The largest absolute Gasteiger partial charge is 0.465 e. The Morgan fingerprint density at radius 2 is 1.93 bits per heavy atom. The fourth-order valence-electron chi connectivity index (χ4n) is 2.42. The summed E-state index contributed by atoms with van der Waals surface area (Å²) in [5.41, 5.74) is -2.84. The zero-order valence-corrected chi connectivity index (χ0v) is 16.4. The lowest BCUT2D eigenvalue weighted by molar-refractivity contribution is -0.160. The second-order valence-electron chi connectivity index (χ2n) is 6.08. The molecule has 0 aliphatic rings. The van der Waals surface area contributed by atoms with Gasteiger partial charge in [0.15, 0.2) is 5.76 Å². The number of halogens is 6. The van der Waals surface area contributed by atoms with Gasteiger partial charge in [0.1, 0.15) is 17.1 Å². The number of rotatable bonds is 7. The summed E-state index contributed by atoms with van der Waals surface area (Å²) >= 11 is 5.95. The number of nitrogens with zero attached hydrogens (tertiary/aromatic N) is 2. The van der Waals surface area contributed by atoms with Crippen molar-refractivity contribution in [1.82, 2.24) is 10.1 Å². The molecule has 0 aliphatic carbocycles. The van der Waals surface area contributed by atoms with E-state index in [0.29, 0.717) is 0 Å². The molecule has 0 atom stereocenters. The van der Waals surface area contributed by atoms with E-state index in [-0.39, 0.29) is 5.02 Å². The molecule has 1 heterocycles. The normalized spacial score (nSPS) is 12.3. The number of esters is 1. The monoisotopic (exact) mass is 452 g/mol. The second kappa shape index (κ2) is 8.82. The molecule has 6 nitrogen and oxygen atoms in total. The number of carbonyl (C=O) groups excluding carboxylic acids is 2. The van der Waals surface area contributed by atoms with Crippen LogP contribution in [0.1, 0.15) is 16.1 Å². The molecule has 0 unspecified atom stereocenters. The second-order valence-corrected chi connectivity index (χ2v) is 6.49.